The summed E-state index contributed by atoms with van der Waals surface area (Å²) < 4.78 is 1.12. The van der Waals surface area contributed by atoms with Gasteiger partial charge in [0.2, 0.25) is 0 Å². The molecule has 0 radical (unpaired) electrons. The van der Waals surface area contributed by atoms with Gasteiger partial charge in [-0.2, -0.15) is 0 Å². The van der Waals surface area contributed by atoms with E-state index in [4.69, 9.17) is 0 Å². The summed E-state index contributed by atoms with van der Waals surface area (Å²) in [6, 6.07) is 17.4. The van der Waals surface area contributed by atoms with Gasteiger partial charge in [0.15, 0.2) is 0 Å². The van der Waals surface area contributed by atoms with Crippen molar-refractivity contribution >= 4 is 28.1 Å². The van der Waals surface area contributed by atoms with Crippen molar-refractivity contribution in [3.8, 4) is 0 Å². The second-order valence-electron chi connectivity index (χ2n) is 6.50. The van der Waals surface area contributed by atoms with Crippen molar-refractivity contribution in [3.05, 3.63) is 69.7 Å². The van der Waals surface area contributed by atoms with Gasteiger partial charge in [0, 0.05) is 4.47 Å². The first-order valence-corrected chi connectivity index (χ1v) is 10.1. The molecule has 0 fully saturated rings. The van der Waals surface area contributed by atoms with Crippen LogP contribution in [0.5, 0.6) is 0 Å². The molecule has 0 saturated carbocycles. The number of benzene rings is 2. The third-order valence-electron chi connectivity index (χ3n) is 4.39. The van der Waals surface area contributed by atoms with Gasteiger partial charge in [0.05, 0.1) is 0 Å². The largest absolute Gasteiger partial charge is 0.0654 e. The predicted octanol–water partition coefficient (Wildman–Crippen LogP) is 7.91. The molecule has 2 rings (SSSR count). The Morgan fingerprint density at radius 3 is 1.75 bits per heavy atom. The van der Waals surface area contributed by atoms with Gasteiger partial charge in [-0.1, -0.05) is 110 Å². The summed E-state index contributed by atoms with van der Waals surface area (Å²) in [6.45, 7) is 2.28. The van der Waals surface area contributed by atoms with E-state index in [-0.39, 0.29) is 0 Å². The van der Waals surface area contributed by atoms with Crippen LogP contribution in [0.3, 0.4) is 0 Å². The number of aryl methyl sites for hydroxylation is 1. The van der Waals surface area contributed by atoms with Crippen LogP contribution in [-0.4, -0.2) is 0 Å². The number of hydrogen-bond acceptors (Lipinski definition) is 0. The average molecular weight is 385 g/mol. The topological polar surface area (TPSA) is 0 Å². The zero-order chi connectivity index (χ0) is 17.0. The summed E-state index contributed by atoms with van der Waals surface area (Å²) >= 11 is 3.47. The van der Waals surface area contributed by atoms with E-state index in [9.17, 15) is 0 Å². The molecule has 0 nitrogen and oxygen atoms in total. The first-order chi connectivity index (χ1) is 11.8. The summed E-state index contributed by atoms with van der Waals surface area (Å²) in [7, 11) is 0. The highest BCUT2D eigenvalue weighted by Crippen LogP contribution is 2.15. The van der Waals surface area contributed by atoms with Crippen LogP contribution < -0.4 is 0 Å². The maximum Gasteiger partial charge on any atom is 0.0175 e. The highest BCUT2D eigenvalue weighted by Gasteiger charge is 1.95. The molecular weight excluding hydrogens is 356 g/mol. The Morgan fingerprint density at radius 2 is 1.17 bits per heavy atom. The van der Waals surface area contributed by atoms with E-state index in [1.807, 2.05) is 0 Å². The molecule has 128 valence electrons. The summed E-state index contributed by atoms with van der Waals surface area (Å²) in [5.74, 6) is 0. The number of rotatable bonds is 10. The fraction of sp³-hybridized carbons (Fsp3) is 0.391. The first-order valence-electron chi connectivity index (χ1n) is 9.30. The molecule has 0 spiro atoms. The fourth-order valence-corrected chi connectivity index (χ4v) is 3.11. The second-order valence-corrected chi connectivity index (χ2v) is 7.41. The van der Waals surface area contributed by atoms with Gasteiger partial charge in [-0.3, -0.25) is 0 Å². The van der Waals surface area contributed by atoms with E-state index in [1.54, 1.807) is 0 Å². The summed E-state index contributed by atoms with van der Waals surface area (Å²) in [5.41, 5.74) is 3.95. The van der Waals surface area contributed by atoms with Crippen LogP contribution in [0.1, 0.15) is 68.6 Å². The number of hydrogen-bond donors (Lipinski definition) is 0. The maximum absolute atomic E-state index is 3.47. The average Bonchev–Trinajstić information content (AvgIpc) is 2.61. The lowest BCUT2D eigenvalue weighted by atomic mass is 10.0. The van der Waals surface area contributed by atoms with Gasteiger partial charge in [0.1, 0.15) is 0 Å². The molecule has 0 aromatic heterocycles. The molecule has 0 unspecified atom stereocenters. The molecule has 24 heavy (non-hydrogen) atoms. The Morgan fingerprint density at radius 1 is 0.667 bits per heavy atom. The Hall–Kier alpha value is -1.34. The van der Waals surface area contributed by atoms with Crippen molar-refractivity contribution in [3.63, 3.8) is 0 Å². The van der Waals surface area contributed by atoms with E-state index in [0.717, 1.165) is 4.47 Å². The van der Waals surface area contributed by atoms with Crippen molar-refractivity contribution in [1.29, 1.82) is 0 Å². The lowest BCUT2D eigenvalue weighted by Crippen LogP contribution is -1.86. The lowest BCUT2D eigenvalue weighted by Gasteiger charge is -2.03. The van der Waals surface area contributed by atoms with Gasteiger partial charge in [-0.05, 0) is 41.7 Å². The summed E-state index contributed by atoms with van der Waals surface area (Å²) in [4.78, 5) is 0. The molecule has 0 atom stereocenters. The monoisotopic (exact) mass is 384 g/mol. The molecule has 0 aliphatic carbocycles. The van der Waals surface area contributed by atoms with Crippen molar-refractivity contribution in [2.45, 2.75) is 58.3 Å². The molecule has 2 aromatic rings. The van der Waals surface area contributed by atoms with E-state index in [0.29, 0.717) is 0 Å². The van der Waals surface area contributed by atoms with E-state index < -0.39 is 0 Å². The highest BCUT2D eigenvalue weighted by atomic mass is 79.9. The molecule has 0 bridgehead atoms. The smallest absolute Gasteiger partial charge is 0.0175 e. The summed E-state index contributed by atoms with van der Waals surface area (Å²) in [5, 5.41) is 0. The van der Waals surface area contributed by atoms with Crippen LogP contribution in [0.25, 0.3) is 12.2 Å². The van der Waals surface area contributed by atoms with Crippen LogP contribution in [0, 0.1) is 0 Å². The quantitative estimate of drug-likeness (QED) is 0.288. The third kappa shape index (κ3) is 7.49. The zero-order valence-electron chi connectivity index (χ0n) is 14.8. The van der Waals surface area contributed by atoms with Crippen molar-refractivity contribution in [2.75, 3.05) is 0 Å². The van der Waals surface area contributed by atoms with E-state index >= 15 is 0 Å². The minimum Gasteiger partial charge on any atom is -0.0654 e. The SMILES string of the molecule is CCCCCCCCCc1ccc(C=Cc2ccc(Br)cc2)cc1. The molecule has 0 aliphatic rings. The molecule has 0 N–H and O–H groups in total. The van der Waals surface area contributed by atoms with Crippen LogP contribution in [0.15, 0.2) is 53.0 Å². The Bertz CT molecular complexity index is 593. The van der Waals surface area contributed by atoms with Gasteiger partial charge < -0.3 is 0 Å². The molecule has 1 heteroatoms. The van der Waals surface area contributed by atoms with Crippen LogP contribution in [0.2, 0.25) is 0 Å². The standard InChI is InChI=1S/C23H29Br/c1-2-3-4-5-6-7-8-9-20-10-12-21(13-11-20)14-15-22-16-18-23(24)19-17-22/h10-19H,2-9H2,1H3. The molecule has 0 saturated heterocycles. The highest BCUT2D eigenvalue weighted by molar-refractivity contribution is 9.10. The minimum absolute atomic E-state index is 1.12. The number of unbranched alkanes of at least 4 members (excludes halogenated alkanes) is 6. The second kappa shape index (κ2) is 11.3. The van der Waals surface area contributed by atoms with Crippen molar-refractivity contribution in [1.82, 2.24) is 0 Å². The Balaban J connectivity index is 1.71. The minimum atomic E-state index is 1.12. The van der Waals surface area contributed by atoms with Gasteiger partial charge in [-0.15, -0.1) is 0 Å². The normalized spacial score (nSPS) is 11.2. The lowest BCUT2D eigenvalue weighted by molar-refractivity contribution is 0.589. The fourth-order valence-electron chi connectivity index (χ4n) is 2.85. The van der Waals surface area contributed by atoms with Crippen LogP contribution >= 0.6 is 15.9 Å². The Kier molecular flexibility index (Phi) is 8.91. The molecule has 0 heterocycles. The molecule has 2 aromatic carbocycles. The van der Waals surface area contributed by atoms with E-state index in [1.165, 1.54) is 68.1 Å². The zero-order valence-corrected chi connectivity index (χ0v) is 16.4. The van der Waals surface area contributed by atoms with Crippen LogP contribution in [0.4, 0.5) is 0 Å². The first kappa shape index (κ1) is 19.0. The third-order valence-corrected chi connectivity index (χ3v) is 4.92. The maximum atomic E-state index is 3.47. The van der Waals surface area contributed by atoms with Gasteiger partial charge >= 0.3 is 0 Å². The number of halogens is 1. The van der Waals surface area contributed by atoms with Crippen molar-refractivity contribution < 1.29 is 0 Å². The van der Waals surface area contributed by atoms with Gasteiger partial charge in [0.25, 0.3) is 0 Å². The summed E-state index contributed by atoms with van der Waals surface area (Å²) in [6.07, 6.45) is 15.2. The van der Waals surface area contributed by atoms with E-state index in [2.05, 4.69) is 83.5 Å². The molecule has 0 aliphatic heterocycles. The Labute approximate surface area is 156 Å². The van der Waals surface area contributed by atoms with Gasteiger partial charge in [-0.25, -0.2) is 0 Å². The molecule has 0 amide bonds. The van der Waals surface area contributed by atoms with Crippen LogP contribution in [-0.2, 0) is 6.42 Å². The predicted molar refractivity (Wildman–Crippen MR) is 111 cm³/mol. The molecular formula is C23H29Br. The van der Waals surface area contributed by atoms with Crippen molar-refractivity contribution in [2.24, 2.45) is 0 Å².